The Morgan fingerprint density at radius 1 is 1.14 bits per heavy atom. The van der Waals surface area contributed by atoms with Crippen molar-refractivity contribution in [1.82, 2.24) is 14.9 Å². The van der Waals surface area contributed by atoms with Gasteiger partial charge in [0.15, 0.2) is 5.96 Å². The van der Waals surface area contributed by atoms with Gasteiger partial charge in [-0.3, -0.25) is 0 Å². The van der Waals surface area contributed by atoms with Crippen LogP contribution in [0.25, 0.3) is 0 Å². The normalized spacial score (nSPS) is 12.3. The van der Waals surface area contributed by atoms with Crippen LogP contribution in [-0.4, -0.2) is 39.3 Å². The Bertz CT molecular complexity index is 943. The molecule has 8 heteroatoms. The van der Waals surface area contributed by atoms with Crippen LogP contribution in [0.5, 0.6) is 0 Å². The summed E-state index contributed by atoms with van der Waals surface area (Å²) < 4.78 is 39.9. The molecule has 0 radical (unpaired) electrons. The molecule has 0 unspecified atom stereocenters. The van der Waals surface area contributed by atoms with Crippen LogP contribution in [0.2, 0.25) is 0 Å². The lowest BCUT2D eigenvalue weighted by molar-refractivity contribution is 0.519. The van der Waals surface area contributed by atoms with Gasteiger partial charge in [-0.15, -0.1) is 0 Å². The minimum atomic E-state index is -3.54. The third-order valence-electron chi connectivity index (χ3n) is 4.18. The Balaban J connectivity index is 2.17. The van der Waals surface area contributed by atoms with E-state index < -0.39 is 10.0 Å². The van der Waals surface area contributed by atoms with E-state index in [1.807, 2.05) is 13.0 Å². The Labute approximate surface area is 166 Å². The molecule has 0 amide bonds. The monoisotopic (exact) mass is 406 g/mol. The minimum absolute atomic E-state index is 0.254. The van der Waals surface area contributed by atoms with E-state index in [1.54, 1.807) is 37.3 Å². The SMILES string of the molecule is CCNC(=NCc1ccc(C)c(F)c1)NCc1ccccc1S(=O)(=O)N(C)C. The smallest absolute Gasteiger partial charge is 0.242 e. The van der Waals surface area contributed by atoms with Gasteiger partial charge in [-0.05, 0) is 42.7 Å². The predicted molar refractivity (Wildman–Crippen MR) is 110 cm³/mol. The zero-order chi connectivity index (χ0) is 20.7. The summed E-state index contributed by atoms with van der Waals surface area (Å²) >= 11 is 0. The van der Waals surface area contributed by atoms with Crippen molar-refractivity contribution >= 4 is 16.0 Å². The number of aryl methyl sites for hydroxylation is 1. The second-order valence-corrected chi connectivity index (χ2v) is 8.65. The van der Waals surface area contributed by atoms with Crippen molar-refractivity contribution < 1.29 is 12.8 Å². The lowest BCUT2D eigenvalue weighted by Crippen LogP contribution is -2.37. The van der Waals surface area contributed by atoms with E-state index in [1.165, 1.54) is 24.5 Å². The lowest BCUT2D eigenvalue weighted by Gasteiger charge is -2.17. The quantitative estimate of drug-likeness (QED) is 0.548. The predicted octanol–water partition coefficient (Wildman–Crippen LogP) is 2.64. The maximum absolute atomic E-state index is 13.7. The maximum atomic E-state index is 13.7. The number of hydrogen-bond donors (Lipinski definition) is 2. The molecule has 0 bridgehead atoms. The summed E-state index contributed by atoms with van der Waals surface area (Å²) in [6.45, 7) is 4.90. The van der Waals surface area contributed by atoms with Gasteiger partial charge in [-0.2, -0.15) is 0 Å². The van der Waals surface area contributed by atoms with E-state index in [4.69, 9.17) is 0 Å². The van der Waals surface area contributed by atoms with Crippen molar-refractivity contribution in [3.05, 3.63) is 65.0 Å². The van der Waals surface area contributed by atoms with Crippen molar-refractivity contribution in [3.63, 3.8) is 0 Å². The van der Waals surface area contributed by atoms with Crippen LogP contribution in [0, 0.1) is 12.7 Å². The van der Waals surface area contributed by atoms with Gasteiger partial charge in [-0.1, -0.05) is 30.3 Å². The molecule has 152 valence electrons. The molecular formula is C20H27FN4O2S. The van der Waals surface area contributed by atoms with Gasteiger partial charge >= 0.3 is 0 Å². The van der Waals surface area contributed by atoms with Crippen molar-refractivity contribution in [2.45, 2.75) is 31.8 Å². The fourth-order valence-electron chi connectivity index (χ4n) is 2.52. The van der Waals surface area contributed by atoms with E-state index in [0.29, 0.717) is 30.2 Å². The number of rotatable bonds is 7. The molecule has 0 heterocycles. The summed E-state index contributed by atoms with van der Waals surface area (Å²) in [6.07, 6.45) is 0. The molecular weight excluding hydrogens is 379 g/mol. The molecule has 0 atom stereocenters. The first-order valence-corrected chi connectivity index (χ1v) is 10.5. The molecule has 2 aromatic carbocycles. The van der Waals surface area contributed by atoms with E-state index in [2.05, 4.69) is 15.6 Å². The highest BCUT2D eigenvalue weighted by atomic mass is 32.2. The highest BCUT2D eigenvalue weighted by Gasteiger charge is 2.20. The summed E-state index contributed by atoms with van der Waals surface area (Å²) in [6, 6.07) is 11.9. The average Bonchev–Trinajstić information content (AvgIpc) is 2.66. The molecule has 2 aromatic rings. The zero-order valence-electron chi connectivity index (χ0n) is 16.7. The maximum Gasteiger partial charge on any atom is 0.242 e. The van der Waals surface area contributed by atoms with E-state index in [9.17, 15) is 12.8 Å². The lowest BCUT2D eigenvalue weighted by atomic mass is 10.1. The first kappa shape index (κ1) is 21.8. The van der Waals surface area contributed by atoms with Gasteiger partial charge in [0.25, 0.3) is 0 Å². The van der Waals surface area contributed by atoms with Crippen molar-refractivity contribution in [2.75, 3.05) is 20.6 Å². The van der Waals surface area contributed by atoms with Gasteiger partial charge in [-0.25, -0.2) is 22.1 Å². The Morgan fingerprint density at radius 3 is 2.50 bits per heavy atom. The number of nitrogens with one attached hydrogen (secondary N) is 2. The van der Waals surface area contributed by atoms with Crippen LogP contribution in [-0.2, 0) is 23.1 Å². The van der Waals surface area contributed by atoms with Crippen molar-refractivity contribution in [1.29, 1.82) is 0 Å². The summed E-state index contributed by atoms with van der Waals surface area (Å²) in [5.41, 5.74) is 2.00. The highest BCUT2D eigenvalue weighted by Crippen LogP contribution is 2.18. The first-order valence-electron chi connectivity index (χ1n) is 9.03. The number of benzene rings is 2. The molecule has 0 aliphatic rings. The largest absolute Gasteiger partial charge is 0.357 e. The fraction of sp³-hybridized carbons (Fsp3) is 0.350. The molecule has 0 aromatic heterocycles. The van der Waals surface area contributed by atoms with E-state index in [-0.39, 0.29) is 17.3 Å². The summed E-state index contributed by atoms with van der Waals surface area (Å²) in [4.78, 5) is 4.72. The molecule has 2 N–H and O–H groups in total. The number of halogens is 1. The van der Waals surface area contributed by atoms with Crippen LogP contribution in [0.1, 0.15) is 23.6 Å². The zero-order valence-corrected chi connectivity index (χ0v) is 17.5. The van der Waals surface area contributed by atoms with Gasteiger partial charge in [0, 0.05) is 27.2 Å². The highest BCUT2D eigenvalue weighted by molar-refractivity contribution is 7.89. The summed E-state index contributed by atoms with van der Waals surface area (Å²) in [5.74, 6) is 0.272. The first-order chi connectivity index (χ1) is 13.3. The average molecular weight is 407 g/mol. The molecule has 28 heavy (non-hydrogen) atoms. The standard InChI is InChI=1S/C20H27FN4O2S/c1-5-22-20(23-13-16-11-10-15(2)18(21)12-16)24-14-17-8-6-7-9-19(17)28(26,27)25(3)4/h6-12H,5,13-14H2,1-4H3,(H2,22,23,24). The van der Waals surface area contributed by atoms with Crippen LogP contribution in [0.15, 0.2) is 52.4 Å². The van der Waals surface area contributed by atoms with Crippen LogP contribution >= 0.6 is 0 Å². The second-order valence-electron chi connectivity index (χ2n) is 6.53. The van der Waals surface area contributed by atoms with Gasteiger partial charge in [0.2, 0.25) is 10.0 Å². The number of hydrogen-bond acceptors (Lipinski definition) is 3. The second kappa shape index (κ2) is 9.66. The van der Waals surface area contributed by atoms with Crippen LogP contribution in [0.3, 0.4) is 0 Å². The van der Waals surface area contributed by atoms with E-state index in [0.717, 1.165) is 5.56 Å². The third-order valence-corrected chi connectivity index (χ3v) is 6.09. The fourth-order valence-corrected chi connectivity index (χ4v) is 3.64. The van der Waals surface area contributed by atoms with Crippen LogP contribution in [0.4, 0.5) is 4.39 Å². The van der Waals surface area contributed by atoms with Crippen LogP contribution < -0.4 is 10.6 Å². The minimum Gasteiger partial charge on any atom is -0.357 e. The van der Waals surface area contributed by atoms with Gasteiger partial charge < -0.3 is 10.6 Å². The van der Waals surface area contributed by atoms with Crippen molar-refractivity contribution in [3.8, 4) is 0 Å². The molecule has 0 aliphatic carbocycles. The molecule has 0 spiro atoms. The summed E-state index contributed by atoms with van der Waals surface area (Å²) in [7, 11) is -0.529. The molecule has 0 aliphatic heterocycles. The topological polar surface area (TPSA) is 73.8 Å². The Hall–Kier alpha value is -2.45. The number of sulfonamides is 1. The Morgan fingerprint density at radius 2 is 1.86 bits per heavy atom. The van der Waals surface area contributed by atoms with E-state index >= 15 is 0 Å². The number of aliphatic imine (C=N–C) groups is 1. The Kier molecular flexibility index (Phi) is 7.53. The van der Waals surface area contributed by atoms with Crippen molar-refractivity contribution in [2.24, 2.45) is 4.99 Å². The van der Waals surface area contributed by atoms with Gasteiger partial charge in [0.1, 0.15) is 5.82 Å². The number of nitrogens with zero attached hydrogens (tertiary/aromatic N) is 2. The molecule has 6 nitrogen and oxygen atoms in total. The number of guanidine groups is 1. The molecule has 2 rings (SSSR count). The molecule has 0 saturated heterocycles. The van der Waals surface area contributed by atoms with Gasteiger partial charge in [0.05, 0.1) is 11.4 Å². The third kappa shape index (κ3) is 5.53. The summed E-state index contributed by atoms with van der Waals surface area (Å²) in [5, 5.41) is 6.26. The molecule has 0 fully saturated rings. The molecule has 0 saturated carbocycles.